The van der Waals surface area contributed by atoms with Gasteiger partial charge in [0.25, 0.3) is 0 Å². The summed E-state index contributed by atoms with van der Waals surface area (Å²) in [6.45, 7) is 12.5. The molecular weight excluding hydrogens is 492 g/mol. The smallest absolute Gasteiger partial charge is 0.329 e. The van der Waals surface area contributed by atoms with Crippen LogP contribution in [0.25, 0.3) is 0 Å². The molecule has 7 nitrogen and oxygen atoms in total. The Morgan fingerprint density at radius 2 is 1.76 bits per heavy atom. The van der Waals surface area contributed by atoms with Gasteiger partial charge >= 0.3 is 6.03 Å². The summed E-state index contributed by atoms with van der Waals surface area (Å²) in [5.74, 6) is -2.32. The number of anilines is 1. The summed E-state index contributed by atoms with van der Waals surface area (Å²) in [5, 5.41) is 0. The Bertz CT molecular complexity index is 1160. The molecule has 0 radical (unpaired) electrons. The zero-order valence-corrected chi connectivity index (χ0v) is 22.7. The van der Waals surface area contributed by atoms with Gasteiger partial charge in [-0.25, -0.2) is 13.6 Å². The second kappa shape index (κ2) is 12.1. The van der Waals surface area contributed by atoms with E-state index in [1.165, 1.54) is 25.4 Å². The van der Waals surface area contributed by atoms with Crippen LogP contribution in [0.1, 0.15) is 33.1 Å². The number of hydrogen-bond donors (Lipinski definition) is 0. The van der Waals surface area contributed by atoms with Gasteiger partial charge in [0, 0.05) is 32.2 Å². The largest absolute Gasteiger partial charge is 0.493 e. The molecule has 0 bridgehead atoms. The average molecular weight is 530 g/mol. The standard InChI is InChI=1S/C29H37F2N3O4/c1-6-10-33-27(22-15-20(9-8-19(22)3)17-32-11-13-38-14-12-32)21(7-2)18-34(29(33)35)28-25(30)23(36-4)16-24(37-5)26(28)31/h7,15-16H,2,6,8-14,17-18H2,1,3-5H3. The number of amides is 2. The van der Waals surface area contributed by atoms with Crippen LogP contribution in [-0.4, -0.2) is 76.0 Å². The third-order valence-electron chi connectivity index (χ3n) is 7.29. The number of halogens is 2. The molecule has 2 aliphatic heterocycles. The van der Waals surface area contributed by atoms with Crippen molar-refractivity contribution >= 4 is 11.7 Å². The summed E-state index contributed by atoms with van der Waals surface area (Å²) in [7, 11) is 2.57. The molecule has 0 atom stereocenters. The highest BCUT2D eigenvalue weighted by atomic mass is 19.1. The van der Waals surface area contributed by atoms with Crippen LogP contribution in [0.3, 0.4) is 0 Å². The number of allylic oxidation sites excluding steroid dienone is 2. The Labute approximate surface area is 223 Å². The van der Waals surface area contributed by atoms with Crippen LogP contribution >= 0.6 is 0 Å². The van der Waals surface area contributed by atoms with Crippen LogP contribution in [-0.2, 0) is 4.74 Å². The second-order valence-electron chi connectivity index (χ2n) is 9.74. The molecule has 0 unspecified atom stereocenters. The third-order valence-corrected chi connectivity index (χ3v) is 7.29. The van der Waals surface area contributed by atoms with Gasteiger partial charge in [-0.3, -0.25) is 14.7 Å². The quantitative estimate of drug-likeness (QED) is 0.426. The predicted octanol–water partition coefficient (Wildman–Crippen LogP) is 5.44. The van der Waals surface area contributed by atoms with E-state index in [4.69, 9.17) is 14.2 Å². The molecule has 0 aromatic heterocycles. The monoisotopic (exact) mass is 529 g/mol. The van der Waals surface area contributed by atoms with Gasteiger partial charge in [-0.05, 0) is 37.3 Å². The molecule has 1 aromatic carbocycles. The van der Waals surface area contributed by atoms with E-state index in [9.17, 15) is 4.79 Å². The summed E-state index contributed by atoms with van der Waals surface area (Å²) >= 11 is 0. The predicted molar refractivity (Wildman–Crippen MR) is 144 cm³/mol. The number of carbonyl (C=O) groups is 1. The molecule has 1 fully saturated rings. The van der Waals surface area contributed by atoms with Crippen molar-refractivity contribution in [3.63, 3.8) is 0 Å². The van der Waals surface area contributed by atoms with E-state index in [-0.39, 0.29) is 18.0 Å². The van der Waals surface area contributed by atoms with E-state index >= 15 is 8.78 Å². The molecule has 206 valence electrons. The summed E-state index contributed by atoms with van der Waals surface area (Å²) in [6, 6.07) is 0.633. The lowest BCUT2D eigenvalue weighted by molar-refractivity contribution is 0.0419. The fraction of sp³-hybridized carbons (Fsp3) is 0.483. The fourth-order valence-electron chi connectivity index (χ4n) is 5.25. The summed E-state index contributed by atoms with van der Waals surface area (Å²) in [6.07, 6.45) is 6.37. The Balaban J connectivity index is 1.79. The number of benzene rings is 1. The topological polar surface area (TPSA) is 54.5 Å². The van der Waals surface area contributed by atoms with Crippen LogP contribution in [0, 0.1) is 11.6 Å². The van der Waals surface area contributed by atoms with Crippen molar-refractivity contribution in [1.29, 1.82) is 0 Å². The van der Waals surface area contributed by atoms with Crippen molar-refractivity contribution in [2.24, 2.45) is 0 Å². The maximum absolute atomic E-state index is 15.4. The van der Waals surface area contributed by atoms with Crippen molar-refractivity contribution in [1.82, 2.24) is 9.80 Å². The average Bonchev–Trinajstić information content (AvgIpc) is 2.92. The highest BCUT2D eigenvalue weighted by Crippen LogP contribution is 2.41. The van der Waals surface area contributed by atoms with E-state index in [0.29, 0.717) is 13.0 Å². The Morgan fingerprint density at radius 3 is 2.34 bits per heavy atom. The number of carbonyl (C=O) groups excluding carboxylic acids is 1. The molecule has 4 rings (SSSR count). The van der Waals surface area contributed by atoms with Gasteiger partial charge in [-0.2, -0.15) is 0 Å². The molecular formula is C29H37F2N3O4. The van der Waals surface area contributed by atoms with Crippen molar-refractivity contribution in [2.45, 2.75) is 33.1 Å². The normalized spacial score (nSPS) is 19.2. The Kier molecular flexibility index (Phi) is 8.89. The van der Waals surface area contributed by atoms with Crippen molar-refractivity contribution < 1.29 is 27.8 Å². The van der Waals surface area contributed by atoms with Crippen LogP contribution in [0.2, 0.25) is 0 Å². The van der Waals surface area contributed by atoms with Gasteiger partial charge in [0.1, 0.15) is 5.69 Å². The second-order valence-corrected chi connectivity index (χ2v) is 9.74. The maximum atomic E-state index is 15.4. The minimum Gasteiger partial charge on any atom is -0.493 e. The summed E-state index contributed by atoms with van der Waals surface area (Å²) in [4.78, 5) is 19.1. The van der Waals surface area contributed by atoms with Crippen molar-refractivity contribution in [2.75, 3.05) is 65.1 Å². The number of ether oxygens (including phenoxy) is 3. The first kappa shape index (κ1) is 27.9. The number of nitrogens with zero attached hydrogens (tertiary/aromatic N) is 3. The molecule has 3 aliphatic rings. The molecule has 1 aromatic rings. The van der Waals surface area contributed by atoms with Crippen molar-refractivity contribution in [3.8, 4) is 11.5 Å². The lowest BCUT2D eigenvalue weighted by Crippen LogP contribution is -2.49. The van der Waals surface area contributed by atoms with Gasteiger partial charge in [0.15, 0.2) is 23.1 Å². The van der Waals surface area contributed by atoms with Crippen LogP contribution in [0.15, 0.2) is 52.8 Å². The van der Waals surface area contributed by atoms with Crippen molar-refractivity contribution in [3.05, 3.63) is 64.4 Å². The van der Waals surface area contributed by atoms with Crippen LogP contribution in [0.4, 0.5) is 19.3 Å². The van der Waals surface area contributed by atoms with Gasteiger partial charge in [0.05, 0.1) is 39.7 Å². The van der Waals surface area contributed by atoms with Gasteiger partial charge < -0.3 is 14.2 Å². The first-order valence-electron chi connectivity index (χ1n) is 13.1. The fourth-order valence-corrected chi connectivity index (χ4v) is 5.25. The molecule has 0 spiro atoms. The highest BCUT2D eigenvalue weighted by Gasteiger charge is 2.38. The first-order chi connectivity index (χ1) is 18.3. The molecule has 38 heavy (non-hydrogen) atoms. The zero-order chi connectivity index (χ0) is 27.4. The van der Waals surface area contributed by atoms with E-state index in [1.54, 1.807) is 11.0 Å². The highest BCUT2D eigenvalue weighted by molar-refractivity contribution is 5.97. The Morgan fingerprint density at radius 1 is 1.11 bits per heavy atom. The van der Waals surface area contributed by atoms with E-state index in [1.807, 2.05) is 6.92 Å². The number of methoxy groups -OCH3 is 2. The van der Waals surface area contributed by atoms with Crippen LogP contribution < -0.4 is 14.4 Å². The first-order valence-corrected chi connectivity index (χ1v) is 13.1. The molecule has 0 N–H and O–H groups in total. The summed E-state index contributed by atoms with van der Waals surface area (Å²) < 4.78 is 46.6. The molecule has 9 heteroatoms. The summed E-state index contributed by atoms with van der Waals surface area (Å²) in [5.41, 5.74) is 4.44. The van der Waals surface area contributed by atoms with E-state index < -0.39 is 23.4 Å². The molecule has 0 saturated carbocycles. The van der Waals surface area contributed by atoms with Gasteiger partial charge in [-0.1, -0.05) is 36.8 Å². The minimum atomic E-state index is -0.955. The molecule has 1 aliphatic carbocycles. The minimum absolute atomic E-state index is 0.0362. The number of morpholine rings is 1. The Hall–Kier alpha value is -3.17. The third kappa shape index (κ3) is 5.35. The molecule has 2 heterocycles. The molecule has 1 saturated heterocycles. The SMILES string of the molecule is C=CC1=C(C2=C(C)CCC(CN3CCOCC3)=C2)N(CCC)C(=O)N(c2c(F)c(OC)cc(OC)c2F)C1. The van der Waals surface area contributed by atoms with E-state index in [2.05, 4.69) is 24.5 Å². The molecule has 2 amide bonds. The van der Waals surface area contributed by atoms with Crippen LogP contribution in [0.5, 0.6) is 11.5 Å². The lowest BCUT2D eigenvalue weighted by atomic mass is 9.88. The number of rotatable bonds is 9. The van der Waals surface area contributed by atoms with Gasteiger partial charge in [0.2, 0.25) is 0 Å². The maximum Gasteiger partial charge on any atom is 0.329 e. The zero-order valence-electron chi connectivity index (χ0n) is 22.7. The van der Waals surface area contributed by atoms with E-state index in [0.717, 1.165) is 73.5 Å². The number of hydrogen-bond acceptors (Lipinski definition) is 5. The number of urea groups is 1. The van der Waals surface area contributed by atoms with Gasteiger partial charge in [-0.15, -0.1) is 0 Å². The lowest BCUT2D eigenvalue weighted by Gasteiger charge is -2.40.